The molecule has 0 heterocycles. The van der Waals surface area contributed by atoms with E-state index >= 15 is 0 Å². The molecule has 2 aromatic rings. The molecule has 0 saturated carbocycles. The number of rotatable bonds is 6. The number of esters is 3. The van der Waals surface area contributed by atoms with Crippen molar-refractivity contribution in [3.05, 3.63) is 57.6 Å². The van der Waals surface area contributed by atoms with Crippen LogP contribution in [-0.2, 0) is 36.9 Å². The minimum Gasteiger partial charge on any atom is -0.461 e. The lowest BCUT2D eigenvalue weighted by Crippen LogP contribution is -2.26. The highest BCUT2D eigenvalue weighted by Gasteiger charge is 2.38. The fourth-order valence-electron chi connectivity index (χ4n) is 3.62. The molecular weight excluding hydrogens is 432 g/mol. The zero-order chi connectivity index (χ0) is 24.4. The van der Waals surface area contributed by atoms with Crippen LogP contribution in [0.5, 0.6) is 11.5 Å². The molecule has 1 aliphatic rings. The van der Waals surface area contributed by atoms with Crippen LogP contribution in [0.3, 0.4) is 0 Å². The van der Waals surface area contributed by atoms with Crippen molar-refractivity contribution in [3.63, 3.8) is 0 Å². The molecule has 0 aromatic heterocycles. The molecule has 0 N–H and O–H groups in total. The van der Waals surface area contributed by atoms with E-state index in [1.54, 1.807) is 0 Å². The Hall–Kier alpha value is -4.14. The van der Waals surface area contributed by atoms with Crippen LogP contribution in [-0.4, -0.2) is 35.3 Å². The summed E-state index contributed by atoms with van der Waals surface area (Å²) in [6, 6.07) is 5.48. The highest BCUT2D eigenvalue weighted by atomic mass is 16.5. The third-order valence-corrected chi connectivity index (χ3v) is 4.73. The maximum absolute atomic E-state index is 13.6. The number of hydrogen-bond donors (Lipinski definition) is 0. The topological polar surface area (TPSA) is 130 Å². The van der Waals surface area contributed by atoms with Crippen molar-refractivity contribution in [2.75, 3.05) is 0 Å². The Labute approximate surface area is 188 Å². The van der Waals surface area contributed by atoms with Gasteiger partial charge in [0.2, 0.25) is 5.78 Å². The average Bonchev–Trinajstić information content (AvgIpc) is 2.69. The first kappa shape index (κ1) is 23.5. The molecule has 33 heavy (non-hydrogen) atoms. The molecule has 0 bridgehead atoms. The van der Waals surface area contributed by atoms with Crippen LogP contribution in [0.2, 0.25) is 0 Å². The van der Waals surface area contributed by atoms with E-state index in [-0.39, 0.29) is 58.1 Å². The van der Waals surface area contributed by atoms with Gasteiger partial charge in [0.25, 0.3) is 0 Å². The van der Waals surface area contributed by atoms with Crippen molar-refractivity contribution in [3.8, 4) is 11.5 Å². The molecule has 0 atom stereocenters. The van der Waals surface area contributed by atoms with Gasteiger partial charge in [-0.2, -0.15) is 0 Å². The van der Waals surface area contributed by atoms with E-state index in [1.807, 2.05) is 0 Å². The van der Waals surface area contributed by atoms with E-state index in [9.17, 15) is 28.8 Å². The Morgan fingerprint density at radius 1 is 0.727 bits per heavy atom. The molecule has 0 spiro atoms. The summed E-state index contributed by atoms with van der Waals surface area (Å²) in [4.78, 5) is 73.4. The predicted octanol–water partition coefficient (Wildman–Crippen LogP) is 2.51. The van der Waals surface area contributed by atoms with Crippen molar-refractivity contribution in [1.82, 2.24) is 0 Å². The van der Waals surface area contributed by atoms with Gasteiger partial charge in [0.15, 0.2) is 5.78 Å². The van der Waals surface area contributed by atoms with Gasteiger partial charge >= 0.3 is 17.9 Å². The molecule has 9 heteroatoms. The smallest absolute Gasteiger partial charge is 0.308 e. The summed E-state index contributed by atoms with van der Waals surface area (Å²) in [6.07, 6.45) is -0.124. The van der Waals surface area contributed by atoms with E-state index in [4.69, 9.17) is 14.2 Å². The van der Waals surface area contributed by atoms with E-state index in [2.05, 4.69) is 0 Å². The first-order valence-electron chi connectivity index (χ1n) is 9.91. The van der Waals surface area contributed by atoms with Gasteiger partial charge in [0, 0.05) is 38.3 Å². The molecular formula is C24H20O9. The summed E-state index contributed by atoms with van der Waals surface area (Å²) >= 11 is 0. The maximum atomic E-state index is 13.6. The Kier molecular flexibility index (Phi) is 6.52. The largest absolute Gasteiger partial charge is 0.461 e. The normalized spacial score (nSPS) is 11.9. The molecule has 0 amide bonds. The lowest BCUT2D eigenvalue weighted by molar-refractivity contribution is -0.142. The highest BCUT2D eigenvalue weighted by Crippen LogP contribution is 2.40. The summed E-state index contributed by atoms with van der Waals surface area (Å²) in [5, 5.41) is 0. The van der Waals surface area contributed by atoms with Crippen molar-refractivity contribution in [1.29, 1.82) is 0 Å². The molecule has 0 aliphatic heterocycles. The summed E-state index contributed by atoms with van der Waals surface area (Å²) in [6.45, 7) is 4.60. The summed E-state index contributed by atoms with van der Waals surface area (Å²) in [5.74, 6) is -3.93. The first-order chi connectivity index (χ1) is 15.5. The monoisotopic (exact) mass is 452 g/mol. The van der Waals surface area contributed by atoms with Crippen LogP contribution < -0.4 is 9.47 Å². The van der Waals surface area contributed by atoms with Gasteiger partial charge in [0.1, 0.15) is 23.9 Å². The van der Waals surface area contributed by atoms with Crippen LogP contribution >= 0.6 is 0 Å². The van der Waals surface area contributed by atoms with Gasteiger partial charge in [0.05, 0.1) is 11.1 Å². The number of hydrogen-bond acceptors (Lipinski definition) is 9. The number of carbonyl (C=O) groups is 6. The zero-order valence-electron chi connectivity index (χ0n) is 18.4. The number of Topliss-reactive ketones (excluding diaryl/α,β-unsaturated/α-hetero) is 1. The van der Waals surface area contributed by atoms with Gasteiger partial charge < -0.3 is 14.2 Å². The zero-order valence-corrected chi connectivity index (χ0v) is 18.4. The molecule has 170 valence electrons. The maximum Gasteiger partial charge on any atom is 0.308 e. The molecule has 1 aliphatic carbocycles. The Balaban J connectivity index is 2.30. The van der Waals surface area contributed by atoms with Gasteiger partial charge in [-0.05, 0) is 36.2 Å². The van der Waals surface area contributed by atoms with Crippen LogP contribution in [0.15, 0.2) is 24.3 Å². The number of carbonyl (C=O) groups excluding carboxylic acids is 6. The number of ketones is 3. The molecule has 0 saturated heterocycles. The molecule has 0 unspecified atom stereocenters. The summed E-state index contributed by atoms with van der Waals surface area (Å²) in [5.41, 5.74) is 0.0640. The van der Waals surface area contributed by atoms with Crippen molar-refractivity contribution < 1.29 is 43.0 Å². The van der Waals surface area contributed by atoms with Crippen molar-refractivity contribution >= 4 is 35.3 Å². The third-order valence-electron chi connectivity index (χ3n) is 4.73. The van der Waals surface area contributed by atoms with Gasteiger partial charge in [-0.3, -0.25) is 28.8 Å². The first-order valence-corrected chi connectivity index (χ1v) is 9.91. The van der Waals surface area contributed by atoms with Crippen LogP contribution in [0.1, 0.15) is 70.7 Å². The minimum atomic E-state index is -0.738. The molecule has 3 rings (SSSR count). The second kappa shape index (κ2) is 9.15. The van der Waals surface area contributed by atoms with Gasteiger partial charge in [-0.1, -0.05) is 6.07 Å². The fraction of sp³-hybridized carbons (Fsp3) is 0.250. The van der Waals surface area contributed by atoms with Gasteiger partial charge in [-0.25, -0.2) is 0 Å². The number of ether oxygens (including phenoxy) is 3. The van der Waals surface area contributed by atoms with E-state index < -0.39 is 29.5 Å². The summed E-state index contributed by atoms with van der Waals surface area (Å²) < 4.78 is 15.3. The molecule has 2 aromatic carbocycles. The summed E-state index contributed by atoms with van der Waals surface area (Å²) in [7, 11) is 0. The third kappa shape index (κ3) is 4.87. The van der Waals surface area contributed by atoms with E-state index in [1.165, 1.54) is 38.1 Å². The fourth-order valence-corrected chi connectivity index (χ4v) is 3.62. The molecule has 0 radical (unpaired) electrons. The van der Waals surface area contributed by atoms with Crippen molar-refractivity contribution in [2.24, 2.45) is 0 Å². The van der Waals surface area contributed by atoms with Crippen LogP contribution in [0.4, 0.5) is 0 Å². The number of benzene rings is 2. The molecule has 0 fully saturated rings. The second-order valence-electron chi connectivity index (χ2n) is 7.49. The lowest BCUT2D eigenvalue weighted by atomic mass is 9.79. The lowest BCUT2D eigenvalue weighted by Gasteiger charge is -2.24. The highest BCUT2D eigenvalue weighted by molar-refractivity contribution is 6.31. The average molecular weight is 452 g/mol. The minimum absolute atomic E-state index is 0.0696. The standard InChI is InChI=1S/C24H20O9/c1-11(25)7-16-5-6-18(32-13(3)27)22-20(16)23(29)17-8-15(10-31-12(2)26)9-19(33-14(4)28)21(17)24(22)30/h5-6,8-9H,7,10H2,1-4H3. The Bertz CT molecular complexity index is 1240. The van der Waals surface area contributed by atoms with E-state index in [0.717, 1.165) is 13.8 Å². The predicted molar refractivity (Wildman–Crippen MR) is 112 cm³/mol. The molecule has 9 nitrogen and oxygen atoms in total. The van der Waals surface area contributed by atoms with Crippen molar-refractivity contribution in [2.45, 2.75) is 40.7 Å². The second-order valence-corrected chi connectivity index (χ2v) is 7.49. The quantitative estimate of drug-likeness (QED) is 0.409. The Morgan fingerprint density at radius 2 is 1.36 bits per heavy atom. The number of fused-ring (bicyclic) bond motifs is 2. The Morgan fingerprint density at radius 3 is 1.94 bits per heavy atom. The van der Waals surface area contributed by atoms with Crippen LogP contribution in [0, 0.1) is 0 Å². The van der Waals surface area contributed by atoms with Crippen LogP contribution in [0.25, 0.3) is 0 Å². The SMILES string of the molecule is CC(=O)Cc1ccc(OC(C)=O)c2c1C(=O)c1cc(COC(C)=O)cc(OC(C)=O)c1C2=O. The van der Waals surface area contributed by atoms with E-state index in [0.29, 0.717) is 5.56 Å². The van der Waals surface area contributed by atoms with Gasteiger partial charge in [-0.15, -0.1) is 0 Å².